The van der Waals surface area contributed by atoms with Crippen LogP contribution < -0.4 is 20.5 Å². The first-order chi connectivity index (χ1) is 18.5. The molecular formula is C27H31FN4O6S. The molecule has 0 aliphatic heterocycles. The second kappa shape index (κ2) is 12.7. The van der Waals surface area contributed by atoms with Crippen LogP contribution >= 0.6 is 11.8 Å². The molecule has 1 atom stereocenters. The first kappa shape index (κ1) is 29.5. The molecule has 0 aliphatic rings. The minimum atomic E-state index is -1.26. The number of rotatable bonds is 13. The van der Waals surface area contributed by atoms with Crippen LogP contribution in [0.2, 0.25) is 0 Å². The van der Waals surface area contributed by atoms with Crippen molar-refractivity contribution in [2.75, 3.05) is 20.0 Å². The molecule has 1 aromatic heterocycles. The first-order valence-electron chi connectivity index (χ1n) is 12.0. The zero-order valence-electron chi connectivity index (χ0n) is 22.1. The molecule has 10 nitrogen and oxygen atoms in total. The van der Waals surface area contributed by atoms with Gasteiger partial charge < -0.3 is 25.6 Å². The van der Waals surface area contributed by atoms with E-state index in [1.807, 2.05) is 36.6 Å². The van der Waals surface area contributed by atoms with Crippen molar-refractivity contribution in [1.82, 2.24) is 14.9 Å². The van der Waals surface area contributed by atoms with E-state index < -0.39 is 35.1 Å². The Morgan fingerprint density at radius 1 is 1.13 bits per heavy atom. The van der Waals surface area contributed by atoms with Crippen molar-refractivity contribution in [3.8, 4) is 17.2 Å². The summed E-state index contributed by atoms with van der Waals surface area (Å²) in [7, 11) is 3.11. The number of primary amides is 1. The van der Waals surface area contributed by atoms with E-state index in [-0.39, 0.29) is 18.6 Å². The number of ether oxygens (including phenoxy) is 2. The van der Waals surface area contributed by atoms with Crippen molar-refractivity contribution in [2.24, 2.45) is 5.73 Å². The molecule has 4 N–H and O–H groups in total. The molecule has 3 rings (SSSR count). The summed E-state index contributed by atoms with van der Waals surface area (Å²) >= 11 is 1.09. The fourth-order valence-electron chi connectivity index (χ4n) is 4.00. The van der Waals surface area contributed by atoms with Crippen LogP contribution in [0.1, 0.15) is 37.9 Å². The molecule has 0 spiro atoms. The van der Waals surface area contributed by atoms with E-state index >= 15 is 0 Å². The zero-order valence-corrected chi connectivity index (χ0v) is 22.9. The molecule has 0 saturated heterocycles. The Labute approximate surface area is 229 Å². The lowest BCUT2D eigenvalue weighted by atomic mass is 9.81. The van der Waals surface area contributed by atoms with Gasteiger partial charge in [0.2, 0.25) is 11.8 Å². The van der Waals surface area contributed by atoms with Crippen molar-refractivity contribution in [3.63, 3.8) is 0 Å². The van der Waals surface area contributed by atoms with Crippen molar-refractivity contribution >= 4 is 29.5 Å². The van der Waals surface area contributed by atoms with Gasteiger partial charge in [-0.25, -0.2) is 14.2 Å². The third-order valence-corrected chi connectivity index (χ3v) is 7.16. The summed E-state index contributed by atoms with van der Waals surface area (Å²) in [6.45, 7) is 4.01. The quantitative estimate of drug-likeness (QED) is 0.271. The number of aliphatic carboxylic acids is 1. The normalized spacial score (nSPS) is 12.0. The summed E-state index contributed by atoms with van der Waals surface area (Å²) in [4.78, 5) is 39.7. The molecule has 1 unspecified atom stereocenters. The minimum Gasteiger partial charge on any atom is -0.493 e. The molecule has 0 fully saturated rings. The van der Waals surface area contributed by atoms with E-state index in [4.69, 9.17) is 15.2 Å². The molecule has 0 aliphatic carbocycles. The van der Waals surface area contributed by atoms with Gasteiger partial charge in [-0.2, -0.15) is 0 Å². The van der Waals surface area contributed by atoms with E-state index in [0.717, 1.165) is 23.0 Å². The molecule has 0 saturated carbocycles. The number of amides is 2. The summed E-state index contributed by atoms with van der Waals surface area (Å²) in [5, 5.41) is 12.2. The Morgan fingerprint density at radius 2 is 1.79 bits per heavy atom. The maximum atomic E-state index is 13.8. The van der Waals surface area contributed by atoms with E-state index in [0.29, 0.717) is 22.3 Å². The summed E-state index contributed by atoms with van der Waals surface area (Å²) in [5.74, 6) is -1.87. The number of benzene rings is 2. The Hall–Kier alpha value is -4.06. The summed E-state index contributed by atoms with van der Waals surface area (Å²) < 4.78 is 26.4. The van der Waals surface area contributed by atoms with Crippen molar-refractivity contribution in [3.05, 3.63) is 65.7 Å². The number of methoxy groups -OCH3 is 2. The number of nitrogens with two attached hydrogens (primary N) is 1. The predicted octanol–water partition coefficient (Wildman–Crippen LogP) is 3.28. The smallest absolute Gasteiger partial charge is 0.326 e. The highest BCUT2D eigenvalue weighted by molar-refractivity contribution is 7.99. The fourth-order valence-corrected chi connectivity index (χ4v) is 4.80. The van der Waals surface area contributed by atoms with Crippen LogP contribution in [0.3, 0.4) is 0 Å². The van der Waals surface area contributed by atoms with Crippen molar-refractivity contribution in [2.45, 2.75) is 43.3 Å². The molecule has 12 heteroatoms. The van der Waals surface area contributed by atoms with E-state index in [1.165, 1.54) is 12.1 Å². The third-order valence-electron chi connectivity index (χ3n) is 6.20. The van der Waals surface area contributed by atoms with Crippen molar-refractivity contribution < 1.29 is 33.4 Å². The van der Waals surface area contributed by atoms with Gasteiger partial charge in [-0.3, -0.25) is 14.2 Å². The number of aromatic nitrogens is 2. The second-order valence-corrected chi connectivity index (χ2v) is 10.1. The number of carbonyl (C=O) groups is 3. The zero-order chi connectivity index (χ0) is 28.7. The van der Waals surface area contributed by atoms with Gasteiger partial charge in [0.25, 0.3) is 0 Å². The van der Waals surface area contributed by atoms with Gasteiger partial charge in [-0.15, -0.1) is 0 Å². The van der Waals surface area contributed by atoms with Crippen LogP contribution in [0.4, 0.5) is 4.39 Å². The third kappa shape index (κ3) is 7.08. The predicted molar refractivity (Wildman–Crippen MR) is 144 cm³/mol. The average Bonchev–Trinajstić information content (AvgIpc) is 3.34. The Kier molecular flexibility index (Phi) is 9.57. The highest BCUT2D eigenvalue weighted by Crippen LogP contribution is 2.39. The molecule has 1 heterocycles. The molecular weight excluding hydrogens is 527 g/mol. The van der Waals surface area contributed by atoms with Gasteiger partial charge >= 0.3 is 5.97 Å². The average molecular weight is 559 g/mol. The summed E-state index contributed by atoms with van der Waals surface area (Å²) in [5.41, 5.74) is 6.77. The SMILES string of the molecule is COc1ccc(C(C)(C)c2cnc(SCC(=O)NC(CCC(N)=O)C(=O)O)n2-c2ccc(F)cc2)cc1OC. The lowest BCUT2D eigenvalue weighted by Crippen LogP contribution is -2.42. The molecule has 208 valence electrons. The summed E-state index contributed by atoms with van der Waals surface area (Å²) in [6, 6.07) is 10.2. The molecule has 39 heavy (non-hydrogen) atoms. The van der Waals surface area contributed by atoms with Gasteiger partial charge in [-0.1, -0.05) is 31.7 Å². The summed E-state index contributed by atoms with van der Waals surface area (Å²) in [6.07, 6.45) is 1.40. The number of carboxylic acid groups (broad SMARTS) is 1. The molecule has 3 aromatic rings. The first-order valence-corrected chi connectivity index (χ1v) is 13.0. The van der Waals surface area contributed by atoms with Gasteiger partial charge in [0.05, 0.1) is 31.9 Å². The minimum absolute atomic E-state index is 0.116. The van der Waals surface area contributed by atoms with E-state index in [9.17, 15) is 23.9 Å². The maximum Gasteiger partial charge on any atom is 0.326 e. The van der Waals surface area contributed by atoms with Gasteiger partial charge in [0.1, 0.15) is 11.9 Å². The van der Waals surface area contributed by atoms with Gasteiger partial charge in [0.15, 0.2) is 16.7 Å². The van der Waals surface area contributed by atoms with Crippen LogP contribution in [-0.2, 0) is 19.8 Å². The number of carboxylic acids is 1. The number of nitrogens with zero attached hydrogens (tertiary/aromatic N) is 2. The van der Waals surface area contributed by atoms with Crippen LogP contribution in [0.25, 0.3) is 5.69 Å². The van der Waals surface area contributed by atoms with Crippen LogP contribution in [0.15, 0.2) is 53.8 Å². The Morgan fingerprint density at radius 3 is 2.38 bits per heavy atom. The molecule has 0 bridgehead atoms. The van der Waals surface area contributed by atoms with E-state index in [1.54, 1.807) is 32.5 Å². The maximum absolute atomic E-state index is 13.8. The highest BCUT2D eigenvalue weighted by Gasteiger charge is 2.31. The Bertz CT molecular complexity index is 1340. The topological polar surface area (TPSA) is 146 Å². The number of hydrogen-bond acceptors (Lipinski definition) is 7. The second-order valence-electron chi connectivity index (χ2n) is 9.18. The van der Waals surface area contributed by atoms with E-state index in [2.05, 4.69) is 10.3 Å². The number of hydrogen-bond donors (Lipinski definition) is 3. The van der Waals surface area contributed by atoms with Gasteiger partial charge in [-0.05, 0) is 48.4 Å². The molecule has 0 radical (unpaired) electrons. The van der Waals surface area contributed by atoms with Crippen molar-refractivity contribution in [1.29, 1.82) is 0 Å². The number of thioether (sulfide) groups is 1. The number of halogens is 1. The van der Waals surface area contributed by atoms with Crippen LogP contribution in [0, 0.1) is 5.82 Å². The highest BCUT2D eigenvalue weighted by atomic mass is 32.2. The molecule has 2 aromatic carbocycles. The largest absolute Gasteiger partial charge is 0.493 e. The van der Waals surface area contributed by atoms with Crippen LogP contribution in [0.5, 0.6) is 11.5 Å². The van der Waals surface area contributed by atoms with Crippen LogP contribution in [-0.4, -0.2) is 58.5 Å². The number of carbonyl (C=O) groups excluding carboxylic acids is 2. The standard InChI is InChI=1S/C27H31FN4O6S/c1-27(2,16-5-11-20(37-3)21(13-16)38-4)22-14-30-26(32(22)18-8-6-17(28)7-9-18)39-15-24(34)31-19(25(35)36)10-12-23(29)33/h5-9,11,13-14,19H,10,12,15H2,1-4H3,(H2,29,33)(H,31,34)(H,35,36). The number of imidazole rings is 1. The Balaban J connectivity index is 1.94. The fraction of sp³-hybridized carbons (Fsp3) is 0.333. The molecule has 2 amide bonds. The monoisotopic (exact) mass is 558 g/mol. The lowest BCUT2D eigenvalue weighted by Gasteiger charge is -2.28. The van der Waals surface area contributed by atoms with Gasteiger partial charge in [0, 0.05) is 17.5 Å². The lowest BCUT2D eigenvalue weighted by molar-refractivity contribution is -0.141. The number of nitrogens with one attached hydrogen (secondary N) is 1.